The molecule has 0 fully saturated rings. The third kappa shape index (κ3) is 4.41. The van der Waals surface area contributed by atoms with Crippen molar-refractivity contribution in [3.8, 4) is 11.5 Å². The van der Waals surface area contributed by atoms with Gasteiger partial charge in [0.15, 0.2) is 22.1 Å². The van der Waals surface area contributed by atoms with E-state index in [4.69, 9.17) is 20.2 Å². The van der Waals surface area contributed by atoms with Crippen LogP contribution >= 0.6 is 11.8 Å². The van der Waals surface area contributed by atoms with Gasteiger partial charge in [-0.2, -0.15) is 0 Å². The number of benzene rings is 2. The van der Waals surface area contributed by atoms with Crippen molar-refractivity contribution in [2.24, 2.45) is 0 Å². The molecule has 0 saturated heterocycles. The second-order valence-corrected chi connectivity index (χ2v) is 7.72. The molecule has 9 nitrogen and oxygen atoms in total. The molecular formula is C21H22N6O3S. The zero-order valence-corrected chi connectivity index (χ0v) is 17.9. The van der Waals surface area contributed by atoms with Gasteiger partial charge in [0.2, 0.25) is 0 Å². The Morgan fingerprint density at radius 3 is 2.77 bits per heavy atom. The molecule has 0 radical (unpaired) electrons. The number of nitrogen functional groups attached to an aromatic ring is 1. The van der Waals surface area contributed by atoms with E-state index in [0.717, 1.165) is 21.7 Å². The van der Waals surface area contributed by atoms with Crippen molar-refractivity contribution in [2.45, 2.75) is 23.0 Å². The molecule has 160 valence electrons. The highest BCUT2D eigenvalue weighted by molar-refractivity contribution is 7.99. The van der Waals surface area contributed by atoms with E-state index in [1.54, 1.807) is 20.3 Å². The topological polar surface area (TPSA) is 128 Å². The van der Waals surface area contributed by atoms with Gasteiger partial charge in [0.25, 0.3) is 0 Å². The van der Waals surface area contributed by atoms with Crippen LogP contribution in [-0.4, -0.2) is 33.7 Å². The van der Waals surface area contributed by atoms with Crippen molar-refractivity contribution < 1.29 is 15.0 Å². The second kappa shape index (κ2) is 9.21. The summed E-state index contributed by atoms with van der Waals surface area (Å²) in [6.07, 6.45) is 2.13. The number of fused-ring (bicyclic) bond motifs is 1. The van der Waals surface area contributed by atoms with E-state index < -0.39 is 0 Å². The Morgan fingerprint density at radius 2 is 2.00 bits per heavy atom. The van der Waals surface area contributed by atoms with Gasteiger partial charge in [0, 0.05) is 12.6 Å². The molecule has 0 bridgehead atoms. The van der Waals surface area contributed by atoms with Gasteiger partial charge in [-0.15, -0.1) is 0 Å². The summed E-state index contributed by atoms with van der Waals surface area (Å²) in [5.41, 5.74) is 9.81. The number of hydrogen-bond donors (Lipinski definition) is 2. The maximum absolute atomic E-state index is 11.1. The number of methoxy groups -OCH3 is 2. The van der Waals surface area contributed by atoms with Crippen molar-refractivity contribution in [3.63, 3.8) is 0 Å². The molecule has 4 rings (SSSR count). The molecule has 0 spiro atoms. The fourth-order valence-electron chi connectivity index (χ4n) is 3.24. The van der Waals surface area contributed by atoms with Crippen LogP contribution in [0.15, 0.2) is 58.8 Å². The first kappa shape index (κ1) is 20.9. The molecular weight excluding hydrogens is 416 g/mol. The first-order valence-corrected chi connectivity index (χ1v) is 10.3. The van der Waals surface area contributed by atoms with Gasteiger partial charge >= 0.3 is 0 Å². The number of hydrogen-bond acceptors (Lipinski definition) is 8. The van der Waals surface area contributed by atoms with Gasteiger partial charge in [0.05, 0.1) is 19.1 Å². The molecule has 31 heavy (non-hydrogen) atoms. The van der Waals surface area contributed by atoms with Crippen LogP contribution in [0.3, 0.4) is 0 Å². The first-order valence-electron chi connectivity index (χ1n) is 9.53. The minimum absolute atomic E-state index is 0.325. The van der Waals surface area contributed by atoms with Crippen molar-refractivity contribution >= 4 is 34.4 Å². The number of aryl methyl sites for hydroxylation is 2. The van der Waals surface area contributed by atoms with Gasteiger partial charge in [-0.1, -0.05) is 12.1 Å². The summed E-state index contributed by atoms with van der Waals surface area (Å²) in [5, 5.41) is 11.8. The summed E-state index contributed by atoms with van der Waals surface area (Å²) in [6.45, 7) is 0.601. The van der Waals surface area contributed by atoms with Crippen LogP contribution in [0.2, 0.25) is 0 Å². The van der Waals surface area contributed by atoms with Crippen molar-refractivity contribution in [3.05, 3.63) is 59.6 Å². The van der Waals surface area contributed by atoms with E-state index in [-0.39, 0.29) is 0 Å². The number of ether oxygens (including phenoxy) is 2. The lowest BCUT2D eigenvalue weighted by Gasteiger charge is -2.12. The van der Waals surface area contributed by atoms with Crippen molar-refractivity contribution in [2.75, 3.05) is 20.0 Å². The van der Waals surface area contributed by atoms with E-state index in [9.17, 15) is 5.21 Å². The molecule has 0 atom stereocenters. The largest absolute Gasteiger partial charge is 0.630 e. The van der Waals surface area contributed by atoms with E-state index in [0.29, 0.717) is 46.5 Å². The Labute approximate surface area is 183 Å². The monoisotopic (exact) mass is 438 g/mol. The number of imidazole rings is 1. The lowest BCUT2D eigenvalue weighted by Crippen LogP contribution is -2.70. The maximum atomic E-state index is 11.1. The summed E-state index contributed by atoms with van der Waals surface area (Å²) < 4.78 is 12.9. The average Bonchev–Trinajstić information content (AvgIpc) is 3.16. The highest BCUT2D eigenvalue weighted by Gasteiger charge is 2.18. The molecule has 2 aromatic carbocycles. The summed E-state index contributed by atoms with van der Waals surface area (Å²) in [4.78, 5) is 14.0. The van der Waals surface area contributed by atoms with Crippen molar-refractivity contribution in [1.82, 2.24) is 19.5 Å². The number of anilines is 1. The van der Waals surface area contributed by atoms with Crippen LogP contribution in [0, 0.1) is 5.21 Å². The molecule has 2 heterocycles. The molecule has 0 amide bonds. The molecule has 10 heteroatoms. The minimum Gasteiger partial charge on any atom is -0.630 e. The van der Waals surface area contributed by atoms with Crippen LogP contribution in [-0.2, 0) is 13.0 Å². The van der Waals surface area contributed by atoms with Gasteiger partial charge < -0.3 is 30.5 Å². The normalized spacial score (nSPS) is 11.1. The molecule has 0 unspecified atom stereocenters. The third-order valence-electron chi connectivity index (χ3n) is 4.81. The third-order valence-corrected chi connectivity index (χ3v) is 5.84. The Bertz CT molecular complexity index is 1210. The number of nitrogens with zero attached hydrogens (tertiary/aromatic N) is 4. The van der Waals surface area contributed by atoms with Crippen LogP contribution in [0.1, 0.15) is 5.56 Å². The van der Waals surface area contributed by atoms with Gasteiger partial charge in [-0.3, -0.25) is 0 Å². The van der Waals surface area contributed by atoms with Gasteiger partial charge in [0.1, 0.15) is 23.5 Å². The standard InChI is InChI=1S/C21H22N6O3S/c1-29-15-6-7-16(30-2)17(11-15)31-21-25-18-19(22)23-12-24-20(18)27(21)9-8-13-4-3-5-14(10-13)26-28/h3-7,10-12H,8-9,26H2,1-2H3,(H2,22,23,24). The molecule has 4 N–H and O–H groups in total. The van der Waals surface area contributed by atoms with E-state index in [1.165, 1.54) is 18.1 Å². The Kier molecular flexibility index (Phi) is 6.21. The molecule has 4 aromatic rings. The molecule has 0 aliphatic heterocycles. The Morgan fingerprint density at radius 1 is 1.13 bits per heavy atom. The maximum Gasteiger partial charge on any atom is 0.175 e. The summed E-state index contributed by atoms with van der Waals surface area (Å²) in [5.74, 6) is 1.75. The quantitative estimate of drug-likeness (QED) is 0.317. The van der Waals surface area contributed by atoms with Gasteiger partial charge in [-0.25, -0.2) is 15.0 Å². The van der Waals surface area contributed by atoms with Gasteiger partial charge in [-0.05, 0) is 48.0 Å². The fraction of sp³-hybridized carbons (Fsp3) is 0.190. The van der Waals surface area contributed by atoms with Crippen molar-refractivity contribution in [1.29, 1.82) is 0 Å². The molecule has 0 saturated carbocycles. The highest BCUT2D eigenvalue weighted by Crippen LogP contribution is 2.38. The lowest BCUT2D eigenvalue weighted by atomic mass is 10.1. The number of rotatable bonds is 8. The zero-order chi connectivity index (χ0) is 21.8. The van der Waals surface area contributed by atoms with Crippen LogP contribution in [0.5, 0.6) is 11.5 Å². The fourth-order valence-corrected chi connectivity index (χ4v) is 4.29. The number of nitrogens with two attached hydrogens (primary N) is 2. The molecule has 2 aromatic heterocycles. The zero-order valence-electron chi connectivity index (χ0n) is 17.1. The SMILES string of the molecule is COc1ccc(OC)c(Sc2nc3c(N)ncnc3n2CCc2cccc([NH2+][O-])c2)c1. The van der Waals surface area contributed by atoms with E-state index in [1.807, 2.05) is 41.0 Å². The van der Waals surface area contributed by atoms with Crippen LogP contribution in [0.4, 0.5) is 11.5 Å². The predicted molar refractivity (Wildman–Crippen MR) is 119 cm³/mol. The summed E-state index contributed by atoms with van der Waals surface area (Å²) in [7, 11) is 3.24. The van der Waals surface area contributed by atoms with E-state index in [2.05, 4.69) is 9.97 Å². The smallest absolute Gasteiger partial charge is 0.175 e. The van der Waals surface area contributed by atoms with Crippen LogP contribution in [0.25, 0.3) is 11.2 Å². The average molecular weight is 439 g/mol. The Hall–Kier alpha value is -3.34. The second-order valence-electron chi connectivity index (χ2n) is 6.71. The van der Waals surface area contributed by atoms with E-state index >= 15 is 0 Å². The summed E-state index contributed by atoms with van der Waals surface area (Å²) >= 11 is 1.44. The Balaban J connectivity index is 1.72. The predicted octanol–water partition coefficient (Wildman–Crippen LogP) is 2.51. The molecule has 0 aliphatic carbocycles. The number of aromatic nitrogens is 4. The lowest BCUT2D eigenvalue weighted by molar-refractivity contribution is -0.497. The minimum atomic E-state index is 0.325. The molecule has 0 aliphatic rings. The first-order chi connectivity index (χ1) is 15.1. The highest BCUT2D eigenvalue weighted by atomic mass is 32.2. The summed E-state index contributed by atoms with van der Waals surface area (Å²) in [6, 6.07) is 13.1. The van der Waals surface area contributed by atoms with Crippen LogP contribution < -0.4 is 20.7 Å². The number of quaternary nitrogens is 1.